The van der Waals surface area contributed by atoms with Gasteiger partial charge in [-0.2, -0.15) is 0 Å². The van der Waals surface area contributed by atoms with Gasteiger partial charge in [-0.3, -0.25) is 9.59 Å². The van der Waals surface area contributed by atoms with Crippen LogP contribution in [0.1, 0.15) is 39.5 Å². The third kappa shape index (κ3) is 3.32. The number of nitrogens with one attached hydrogen (secondary N) is 2. The standard InChI is InChI=1S/C15H27N3O2/c1-3-17-13(19)12-5-9-18(10-6-12)14(20)15(2)7-4-8-16-11-15/h12,16H,3-11H2,1-2H3,(H,17,19). The molecule has 1 unspecified atom stereocenters. The van der Waals surface area contributed by atoms with E-state index >= 15 is 0 Å². The number of hydrogen-bond donors (Lipinski definition) is 2. The highest BCUT2D eigenvalue weighted by molar-refractivity contribution is 5.83. The molecule has 0 aromatic heterocycles. The van der Waals surface area contributed by atoms with Crippen LogP contribution < -0.4 is 10.6 Å². The summed E-state index contributed by atoms with van der Waals surface area (Å²) < 4.78 is 0. The molecule has 0 spiro atoms. The molecule has 2 aliphatic rings. The minimum atomic E-state index is -0.253. The quantitative estimate of drug-likeness (QED) is 0.802. The average molecular weight is 281 g/mol. The molecule has 0 radical (unpaired) electrons. The van der Waals surface area contributed by atoms with E-state index in [9.17, 15) is 9.59 Å². The molecule has 0 aromatic rings. The summed E-state index contributed by atoms with van der Waals surface area (Å²) in [5.41, 5.74) is -0.253. The SMILES string of the molecule is CCNC(=O)C1CCN(C(=O)C2(C)CCCNC2)CC1. The predicted molar refractivity (Wildman–Crippen MR) is 78.2 cm³/mol. The van der Waals surface area contributed by atoms with Crippen molar-refractivity contribution in [3.05, 3.63) is 0 Å². The zero-order valence-corrected chi connectivity index (χ0v) is 12.7. The first-order valence-corrected chi connectivity index (χ1v) is 7.84. The Kier molecular flexibility index (Phi) is 5.02. The first-order valence-electron chi connectivity index (χ1n) is 7.84. The largest absolute Gasteiger partial charge is 0.356 e. The normalized spacial score (nSPS) is 28.2. The van der Waals surface area contributed by atoms with Crippen LogP contribution in [0, 0.1) is 11.3 Å². The molecule has 114 valence electrons. The van der Waals surface area contributed by atoms with Gasteiger partial charge in [0.1, 0.15) is 0 Å². The number of rotatable bonds is 3. The Morgan fingerprint density at radius 2 is 2.05 bits per heavy atom. The average Bonchev–Trinajstić information content (AvgIpc) is 2.48. The van der Waals surface area contributed by atoms with Gasteiger partial charge < -0.3 is 15.5 Å². The Balaban J connectivity index is 1.87. The summed E-state index contributed by atoms with van der Waals surface area (Å²) in [5, 5.41) is 6.21. The van der Waals surface area contributed by atoms with E-state index in [1.807, 2.05) is 11.8 Å². The van der Waals surface area contributed by atoms with Gasteiger partial charge in [0.25, 0.3) is 0 Å². The minimum absolute atomic E-state index is 0.0799. The van der Waals surface area contributed by atoms with Gasteiger partial charge in [-0.05, 0) is 46.1 Å². The van der Waals surface area contributed by atoms with Gasteiger partial charge in [0.05, 0.1) is 5.41 Å². The van der Waals surface area contributed by atoms with E-state index < -0.39 is 0 Å². The number of carbonyl (C=O) groups is 2. The van der Waals surface area contributed by atoms with Crippen LogP contribution in [-0.4, -0.2) is 49.4 Å². The molecule has 2 heterocycles. The number of amides is 2. The van der Waals surface area contributed by atoms with Gasteiger partial charge in [0.2, 0.25) is 11.8 Å². The number of likely N-dealkylation sites (tertiary alicyclic amines) is 1. The van der Waals surface area contributed by atoms with Gasteiger partial charge in [-0.25, -0.2) is 0 Å². The predicted octanol–water partition coefficient (Wildman–Crippen LogP) is 0.751. The molecule has 20 heavy (non-hydrogen) atoms. The molecule has 2 rings (SSSR count). The fraction of sp³-hybridized carbons (Fsp3) is 0.867. The maximum absolute atomic E-state index is 12.7. The number of piperidine rings is 2. The third-order valence-corrected chi connectivity index (χ3v) is 4.62. The summed E-state index contributed by atoms with van der Waals surface area (Å²) in [7, 11) is 0. The van der Waals surface area contributed by atoms with Crippen LogP contribution in [0.5, 0.6) is 0 Å². The van der Waals surface area contributed by atoms with Crippen LogP contribution in [0.25, 0.3) is 0 Å². The number of hydrogen-bond acceptors (Lipinski definition) is 3. The van der Waals surface area contributed by atoms with Crippen molar-refractivity contribution in [2.75, 3.05) is 32.7 Å². The molecule has 2 amide bonds. The van der Waals surface area contributed by atoms with Gasteiger partial charge in [0, 0.05) is 32.1 Å². The Morgan fingerprint density at radius 3 is 2.60 bits per heavy atom. The maximum atomic E-state index is 12.7. The van der Waals surface area contributed by atoms with Gasteiger partial charge >= 0.3 is 0 Å². The zero-order chi connectivity index (χ0) is 14.6. The van der Waals surface area contributed by atoms with Crippen molar-refractivity contribution in [2.24, 2.45) is 11.3 Å². The molecule has 2 fully saturated rings. The van der Waals surface area contributed by atoms with Crippen molar-refractivity contribution in [3.63, 3.8) is 0 Å². The lowest BCUT2D eigenvalue weighted by atomic mass is 9.80. The Morgan fingerprint density at radius 1 is 1.35 bits per heavy atom. The fourth-order valence-electron chi connectivity index (χ4n) is 3.28. The Hall–Kier alpha value is -1.10. The maximum Gasteiger partial charge on any atom is 0.229 e. The van der Waals surface area contributed by atoms with E-state index in [2.05, 4.69) is 17.6 Å². The van der Waals surface area contributed by atoms with E-state index in [0.29, 0.717) is 6.54 Å². The first-order chi connectivity index (χ1) is 9.57. The summed E-state index contributed by atoms with van der Waals surface area (Å²) in [6, 6.07) is 0. The summed E-state index contributed by atoms with van der Waals surface area (Å²) in [4.78, 5) is 26.4. The monoisotopic (exact) mass is 281 g/mol. The van der Waals surface area contributed by atoms with Crippen LogP contribution >= 0.6 is 0 Å². The molecule has 0 aliphatic carbocycles. The molecule has 2 aliphatic heterocycles. The molecule has 2 N–H and O–H groups in total. The second-order valence-electron chi connectivity index (χ2n) is 6.30. The lowest BCUT2D eigenvalue weighted by molar-refractivity contribution is -0.145. The molecule has 0 aromatic carbocycles. The van der Waals surface area contributed by atoms with Crippen molar-refractivity contribution in [1.82, 2.24) is 15.5 Å². The number of carbonyl (C=O) groups excluding carboxylic acids is 2. The van der Waals surface area contributed by atoms with E-state index in [1.54, 1.807) is 0 Å². The summed E-state index contributed by atoms with van der Waals surface area (Å²) >= 11 is 0. The molecular formula is C15H27N3O2. The molecule has 2 saturated heterocycles. The topological polar surface area (TPSA) is 61.4 Å². The third-order valence-electron chi connectivity index (χ3n) is 4.62. The lowest BCUT2D eigenvalue weighted by Crippen LogP contribution is -2.52. The van der Waals surface area contributed by atoms with Crippen molar-refractivity contribution in [1.29, 1.82) is 0 Å². The Labute approximate surface area is 121 Å². The van der Waals surface area contributed by atoms with Crippen LogP contribution in [0.3, 0.4) is 0 Å². The summed E-state index contributed by atoms with van der Waals surface area (Å²) in [6.07, 6.45) is 3.62. The van der Waals surface area contributed by atoms with Crippen LogP contribution in [0.15, 0.2) is 0 Å². The molecule has 0 saturated carbocycles. The van der Waals surface area contributed by atoms with E-state index in [4.69, 9.17) is 0 Å². The van der Waals surface area contributed by atoms with Crippen molar-refractivity contribution in [3.8, 4) is 0 Å². The molecular weight excluding hydrogens is 254 g/mol. The Bertz CT molecular complexity index is 356. The molecule has 5 heteroatoms. The van der Waals surface area contributed by atoms with E-state index in [1.165, 1.54) is 0 Å². The number of nitrogens with zero attached hydrogens (tertiary/aromatic N) is 1. The highest BCUT2D eigenvalue weighted by Crippen LogP contribution is 2.30. The second-order valence-corrected chi connectivity index (χ2v) is 6.30. The smallest absolute Gasteiger partial charge is 0.229 e. The highest BCUT2D eigenvalue weighted by Gasteiger charge is 2.39. The van der Waals surface area contributed by atoms with Crippen LogP contribution in [0.4, 0.5) is 0 Å². The van der Waals surface area contributed by atoms with Crippen LogP contribution in [-0.2, 0) is 9.59 Å². The molecule has 1 atom stereocenters. The van der Waals surface area contributed by atoms with Crippen molar-refractivity contribution >= 4 is 11.8 Å². The van der Waals surface area contributed by atoms with Gasteiger partial charge in [0.15, 0.2) is 0 Å². The van der Waals surface area contributed by atoms with E-state index in [0.717, 1.165) is 51.9 Å². The fourth-order valence-corrected chi connectivity index (χ4v) is 3.28. The van der Waals surface area contributed by atoms with Gasteiger partial charge in [-0.15, -0.1) is 0 Å². The van der Waals surface area contributed by atoms with Gasteiger partial charge in [-0.1, -0.05) is 0 Å². The molecule has 0 bridgehead atoms. The van der Waals surface area contributed by atoms with Crippen molar-refractivity contribution < 1.29 is 9.59 Å². The van der Waals surface area contributed by atoms with E-state index in [-0.39, 0.29) is 23.1 Å². The second kappa shape index (κ2) is 6.57. The first kappa shape index (κ1) is 15.3. The molecule has 5 nitrogen and oxygen atoms in total. The minimum Gasteiger partial charge on any atom is -0.356 e. The van der Waals surface area contributed by atoms with Crippen LogP contribution in [0.2, 0.25) is 0 Å². The van der Waals surface area contributed by atoms with Crippen molar-refractivity contribution in [2.45, 2.75) is 39.5 Å². The highest BCUT2D eigenvalue weighted by atomic mass is 16.2. The zero-order valence-electron chi connectivity index (χ0n) is 12.7. The lowest BCUT2D eigenvalue weighted by Gasteiger charge is -2.40. The summed E-state index contributed by atoms with van der Waals surface area (Å²) in [5.74, 6) is 0.487. The summed E-state index contributed by atoms with van der Waals surface area (Å²) in [6.45, 7) is 7.92.